The molecule has 4 atom stereocenters. The number of carbonyl (C=O) groups excluding carboxylic acids is 3. The summed E-state index contributed by atoms with van der Waals surface area (Å²) in [7, 11) is 0. The lowest BCUT2D eigenvalue weighted by Gasteiger charge is -2.22. The minimum Gasteiger partial charge on any atom is -0.484 e. The van der Waals surface area contributed by atoms with Gasteiger partial charge in [-0.25, -0.2) is 4.98 Å². The number of H-pyrrole nitrogens is 1. The van der Waals surface area contributed by atoms with E-state index in [0.717, 1.165) is 6.33 Å². The molecule has 1 saturated heterocycles. The van der Waals surface area contributed by atoms with Gasteiger partial charge >= 0.3 is 12.1 Å². The van der Waals surface area contributed by atoms with Crippen molar-refractivity contribution in [2.24, 2.45) is 0 Å². The Hall–Kier alpha value is -4.59. The second-order valence-electron chi connectivity index (χ2n) is 9.01. The van der Waals surface area contributed by atoms with Gasteiger partial charge < -0.3 is 35.1 Å². The second-order valence-corrected chi connectivity index (χ2v) is 9.01. The Morgan fingerprint density at radius 2 is 1.81 bits per heavy atom. The molecule has 1 aliphatic heterocycles. The van der Waals surface area contributed by atoms with Crippen molar-refractivity contribution in [2.45, 2.75) is 30.7 Å². The molecular formula is C24H26F3N7O9. The number of anilines is 1. The van der Waals surface area contributed by atoms with Crippen molar-refractivity contribution in [3.8, 4) is 5.75 Å². The molecule has 43 heavy (non-hydrogen) atoms. The second kappa shape index (κ2) is 13.6. The monoisotopic (exact) mass is 613 g/mol. The number of carbonyl (C=O) groups is 3. The maximum atomic E-state index is 12.6. The van der Waals surface area contributed by atoms with Crippen LogP contribution in [0.3, 0.4) is 0 Å². The largest absolute Gasteiger partial charge is 0.484 e. The normalized spacial score (nSPS) is 20.1. The fourth-order valence-corrected chi connectivity index (χ4v) is 3.98. The third-order valence-electron chi connectivity index (χ3n) is 5.97. The summed E-state index contributed by atoms with van der Waals surface area (Å²) in [5.74, 6) is -3.42. The van der Waals surface area contributed by atoms with E-state index in [1.165, 1.54) is 4.57 Å². The first-order chi connectivity index (χ1) is 20.5. The number of hydrogen-bond acceptors (Lipinski definition) is 11. The molecule has 16 nitrogen and oxygen atoms in total. The summed E-state index contributed by atoms with van der Waals surface area (Å²) in [6, 6.07) is 8.51. The number of aliphatic hydroxyl groups excluding tert-OH is 2. The number of amides is 3. The van der Waals surface area contributed by atoms with Crippen LogP contribution < -0.4 is 26.2 Å². The van der Waals surface area contributed by atoms with Crippen LogP contribution in [0.4, 0.5) is 19.1 Å². The lowest BCUT2D eigenvalue weighted by molar-refractivity contribution is -0.173. The highest BCUT2D eigenvalue weighted by Crippen LogP contribution is 2.33. The number of aliphatic hydroxyl groups is 2. The van der Waals surface area contributed by atoms with Crippen LogP contribution in [0.1, 0.15) is 6.23 Å². The van der Waals surface area contributed by atoms with E-state index in [1.807, 2.05) is 0 Å². The summed E-state index contributed by atoms with van der Waals surface area (Å²) in [6.45, 7) is -2.59. The summed E-state index contributed by atoms with van der Waals surface area (Å²) in [4.78, 5) is 58.6. The molecule has 0 bridgehead atoms. The zero-order valence-electron chi connectivity index (χ0n) is 22.0. The SMILES string of the molecule is O=C(CO[C@H]1[C@@H](O)[C@@H](CO)O[C@H]1n1cnc2c(=O)[nH]c(NC(=O)COc3ccccc3)nc21)NCCNC(=O)C(F)(F)F. The highest BCUT2D eigenvalue weighted by molar-refractivity contribution is 5.90. The Morgan fingerprint density at radius 1 is 1.09 bits per heavy atom. The Kier molecular flexibility index (Phi) is 9.91. The lowest BCUT2D eigenvalue weighted by atomic mass is 10.1. The van der Waals surface area contributed by atoms with Gasteiger partial charge in [-0.2, -0.15) is 18.2 Å². The van der Waals surface area contributed by atoms with E-state index in [-0.39, 0.29) is 23.7 Å². The molecule has 4 rings (SSSR count). The molecule has 6 N–H and O–H groups in total. The Balaban J connectivity index is 1.42. The number of aromatic amines is 1. The van der Waals surface area contributed by atoms with Crippen LogP contribution >= 0.6 is 0 Å². The van der Waals surface area contributed by atoms with E-state index in [1.54, 1.807) is 35.6 Å². The Bertz CT molecular complexity index is 1500. The van der Waals surface area contributed by atoms with Crippen LogP contribution in [0.2, 0.25) is 0 Å². The lowest BCUT2D eigenvalue weighted by Crippen LogP contribution is -2.42. The van der Waals surface area contributed by atoms with Gasteiger partial charge in [0.25, 0.3) is 11.5 Å². The minimum absolute atomic E-state index is 0.0997. The average Bonchev–Trinajstić information content (AvgIpc) is 3.53. The summed E-state index contributed by atoms with van der Waals surface area (Å²) in [5.41, 5.74) is -0.992. The highest BCUT2D eigenvalue weighted by atomic mass is 19.4. The van der Waals surface area contributed by atoms with Gasteiger partial charge in [0.2, 0.25) is 11.9 Å². The number of halogens is 3. The van der Waals surface area contributed by atoms with Crippen LogP contribution in [0, 0.1) is 0 Å². The number of fused-ring (bicyclic) bond motifs is 1. The number of para-hydroxylation sites is 1. The van der Waals surface area contributed by atoms with Crippen LogP contribution in [0.5, 0.6) is 5.75 Å². The number of nitrogens with zero attached hydrogens (tertiary/aromatic N) is 3. The van der Waals surface area contributed by atoms with Crippen molar-refractivity contribution in [3.63, 3.8) is 0 Å². The summed E-state index contributed by atoms with van der Waals surface area (Å²) < 4.78 is 54.5. The zero-order chi connectivity index (χ0) is 31.1. The molecule has 1 aliphatic rings. The summed E-state index contributed by atoms with van der Waals surface area (Å²) in [5, 5.41) is 26.5. The van der Waals surface area contributed by atoms with E-state index in [4.69, 9.17) is 14.2 Å². The molecule has 0 saturated carbocycles. The predicted molar refractivity (Wildman–Crippen MR) is 138 cm³/mol. The van der Waals surface area contributed by atoms with Crippen molar-refractivity contribution in [1.29, 1.82) is 0 Å². The van der Waals surface area contributed by atoms with Gasteiger partial charge in [0.15, 0.2) is 24.0 Å². The maximum absolute atomic E-state index is 12.6. The molecule has 0 aliphatic carbocycles. The maximum Gasteiger partial charge on any atom is 0.471 e. The first-order valence-corrected chi connectivity index (χ1v) is 12.6. The van der Waals surface area contributed by atoms with Crippen molar-refractivity contribution in [1.82, 2.24) is 30.2 Å². The third kappa shape index (κ3) is 7.83. The number of ether oxygens (including phenoxy) is 3. The van der Waals surface area contributed by atoms with Gasteiger partial charge in [0, 0.05) is 13.1 Å². The van der Waals surface area contributed by atoms with Crippen LogP contribution in [-0.2, 0) is 23.9 Å². The van der Waals surface area contributed by atoms with Crippen LogP contribution in [0.25, 0.3) is 11.2 Å². The zero-order valence-corrected chi connectivity index (χ0v) is 22.0. The number of hydrogen-bond donors (Lipinski definition) is 6. The van der Waals surface area contributed by atoms with Gasteiger partial charge in [0.1, 0.15) is 30.7 Å². The number of aromatic nitrogens is 4. The first-order valence-electron chi connectivity index (χ1n) is 12.6. The topological polar surface area (TPSA) is 219 Å². The molecular weight excluding hydrogens is 587 g/mol. The molecule has 0 radical (unpaired) electrons. The fraction of sp³-hybridized carbons (Fsp3) is 0.417. The van der Waals surface area contributed by atoms with Crippen molar-refractivity contribution in [3.05, 3.63) is 47.0 Å². The molecule has 0 spiro atoms. The number of rotatable bonds is 12. The molecule has 3 heterocycles. The molecule has 0 unspecified atom stereocenters. The van der Waals surface area contributed by atoms with Gasteiger partial charge in [0.05, 0.1) is 12.9 Å². The van der Waals surface area contributed by atoms with Gasteiger partial charge in [-0.05, 0) is 12.1 Å². The van der Waals surface area contributed by atoms with Gasteiger partial charge in [-0.15, -0.1) is 0 Å². The molecule has 232 valence electrons. The molecule has 19 heteroatoms. The molecule has 2 aromatic heterocycles. The van der Waals surface area contributed by atoms with Crippen molar-refractivity contribution < 1.29 is 52.0 Å². The average molecular weight is 614 g/mol. The van der Waals surface area contributed by atoms with Crippen molar-refractivity contribution >= 4 is 34.8 Å². The first kappa shape index (κ1) is 31.3. The quantitative estimate of drug-likeness (QED) is 0.130. The van der Waals surface area contributed by atoms with Gasteiger partial charge in [-0.3, -0.25) is 34.0 Å². The molecule has 1 aromatic carbocycles. The molecule has 1 fully saturated rings. The molecule has 3 aromatic rings. The number of benzene rings is 1. The van der Waals surface area contributed by atoms with E-state index >= 15 is 0 Å². The fourth-order valence-electron chi connectivity index (χ4n) is 3.98. The van der Waals surface area contributed by atoms with E-state index < -0.39 is 80.4 Å². The van der Waals surface area contributed by atoms with Gasteiger partial charge in [-0.1, -0.05) is 18.2 Å². The standard InChI is InChI=1S/C24H26F3N7O9/c25-24(26,27)22(40)29-7-6-28-14(36)9-42-18-17(38)13(8-35)43-21(18)34-11-30-16-19(34)32-23(33-20(16)39)31-15(37)10-41-12-4-2-1-3-5-12/h1-5,11,13,17-18,21,35,38H,6-10H2,(H,28,36)(H,29,40)(H2,31,32,33,37,39)/t13-,17+,18+,21-/m1/s1. The summed E-state index contributed by atoms with van der Waals surface area (Å²) >= 11 is 0. The summed E-state index contributed by atoms with van der Waals surface area (Å²) in [6.07, 6.45) is -9.15. The van der Waals surface area contributed by atoms with E-state index in [0.29, 0.717) is 5.75 Å². The van der Waals surface area contributed by atoms with E-state index in [2.05, 4.69) is 25.6 Å². The Labute approximate surface area is 239 Å². The van der Waals surface area contributed by atoms with Crippen molar-refractivity contribution in [2.75, 3.05) is 38.2 Å². The smallest absolute Gasteiger partial charge is 0.471 e. The predicted octanol–water partition coefficient (Wildman–Crippen LogP) is -1.43. The Morgan fingerprint density at radius 3 is 2.51 bits per heavy atom. The van der Waals surface area contributed by atoms with Crippen LogP contribution in [-0.4, -0.2) is 105 Å². The number of nitrogens with one attached hydrogen (secondary N) is 4. The third-order valence-corrected chi connectivity index (χ3v) is 5.97. The number of alkyl halides is 3. The number of imidazole rings is 1. The minimum atomic E-state index is -5.07. The van der Waals surface area contributed by atoms with E-state index in [9.17, 15) is 42.6 Å². The van der Waals surface area contributed by atoms with Crippen LogP contribution in [0.15, 0.2) is 41.5 Å². The highest BCUT2D eigenvalue weighted by Gasteiger charge is 2.46. The molecule has 3 amide bonds.